The van der Waals surface area contributed by atoms with Gasteiger partial charge in [0.1, 0.15) is 80.2 Å². The van der Waals surface area contributed by atoms with E-state index >= 15 is 0 Å². The molecule has 17 heteroatoms. The van der Waals surface area contributed by atoms with Crippen LogP contribution in [0, 0.1) is 6.92 Å². The van der Waals surface area contributed by atoms with Gasteiger partial charge in [0.2, 0.25) is 0 Å². The molecule has 1 aliphatic heterocycles. The molecule has 0 spiro atoms. The highest BCUT2D eigenvalue weighted by molar-refractivity contribution is 6.61. The fourth-order valence-electron chi connectivity index (χ4n) is 5.55. The van der Waals surface area contributed by atoms with Crippen molar-refractivity contribution < 1.29 is 9.53 Å². The van der Waals surface area contributed by atoms with Crippen LogP contribution in [-0.2, 0) is 11.8 Å². The predicted octanol–water partition coefficient (Wildman–Crippen LogP) is -5.50. The molecule has 40 heavy (non-hydrogen) atoms. The lowest BCUT2D eigenvalue weighted by molar-refractivity contribution is -0.0256. The second-order valence-electron chi connectivity index (χ2n) is 12.7. The molecule has 194 valence electrons. The molecule has 0 aromatic carbocycles. The second-order valence-corrected chi connectivity index (χ2v) is 12.7. The summed E-state index contributed by atoms with van der Waals surface area (Å²) in [6.45, 7) is 1.95. The summed E-state index contributed by atoms with van der Waals surface area (Å²) >= 11 is 0. The van der Waals surface area contributed by atoms with Gasteiger partial charge in [-0.05, 0) is 47.3 Å². The Morgan fingerprint density at radius 3 is 2.12 bits per heavy atom. The van der Waals surface area contributed by atoms with Gasteiger partial charge in [0.15, 0.2) is 0 Å². The summed E-state index contributed by atoms with van der Waals surface area (Å²) in [4.78, 5) is 33.9. The average Bonchev–Trinajstić information content (AvgIpc) is 3.20. The van der Waals surface area contributed by atoms with Crippen LogP contribution in [-0.4, -0.2) is 115 Å². The number of hydrogen-bond donors (Lipinski definition) is 1. The van der Waals surface area contributed by atoms with Gasteiger partial charge in [-0.25, -0.2) is 15.0 Å². The molecule has 1 N–H and O–H groups in total. The minimum atomic E-state index is -0.469. The van der Waals surface area contributed by atoms with E-state index in [1.165, 1.54) is 0 Å². The van der Waals surface area contributed by atoms with Crippen molar-refractivity contribution in [1.29, 1.82) is 0 Å². The maximum Gasteiger partial charge on any atom is 0.257 e. The lowest BCUT2D eigenvalue weighted by atomic mass is 9.30. The van der Waals surface area contributed by atoms with Crippen molar-refractivity contribution >= 4 is 91.1 Å². The number of ether oxygens (including phenoxy) is 1. The van der Waals surface area contributed by atoms with E-state index in [4.69, 9.17) is 9.72 Å². The Labute approximate surface area is 242 Å². The van der Waals surface area contributed by atoms with Crippen molar-refractivity contribution in [2.24, 2.45) is 7.05 Å². The first-order chi connectivity index (χ1) is 18.5. The molecule has 1 amide bonds. The average molecular weight is 524 g/mol. The van der Waals surface area contributed by atoms with Crippen LogP contribution >= 0.6 is 0 Å². The van der Waals surface area contributed by atoms with Crippen LogP contribution in [0.4, 0.5) is 11.6 Å². The molecule has 0 unspecified atom stereocenters. The summed E-state index contributed by atoms with van der Waals surface area (Å²) in [5.41, 5.74) is 2.23. The number of fused-ring (bicyclic) bond motifs is 1. The van der Waals surface area contributed by atoms with Gasteiger partial charge in [-0.2, -0.15) is 0 Å². The number of morpholine rings is 1. The molecule has 1 aliphatic rings. The summed E-state index contributed by atoms with van der Waals surface area (Å²) in [6.07, 6.45) is 7.01. The number of nitrogens with one attached hydrogen (secondary N) is 1. The molecular weight excluding hydrogens is 493 g/mol. The van der Waals surface area contributed by atoms with Gasteiger partial charge in [0.05, 0.1) is 17.6 Å². The number of rotatable bonds is 4. The molecular formula is C23H31B8N7O2. The number of nitrogens with zero attached hydrogens (tertiary/aromatic N) is 6. The highest BCUT2D eigenvalue weighted by Crippen LogP contribution is 2.42. The number of aromatic nitrogens is 5. The van der Waals surface area contributed by atoms with Crippen molar-refractivity contribution in [3.05, 3.63) is 60.4 Å². The smallest absolute Gasteiger partial charge is 0.257 e. The first-order valence-corrected chi connectivity index (χ1v) is 13.6. The summed E-state index contributed by atoms with van der Waals surface area (Å²) < 4.78 is 8.61. The van der Waals surface area contributed by atoms with E-state index in [9.17, 15) is 4.79 Å². The SMILES string of the molecule is BC1(B)OC(B)(B)C(B)(B)N(c2cc(C(=O)Nc3cc4cc(-c5cnc(C)n5C)ncc4cn3)ccn2)C1(B)B. The zero-order chi connectivity index (χ0) is 29.3. The normalized spacial score (nSPS) is 18.8. The minimum absolute atomic E-state index is 0.255. The molecule has 5 heterocycles. The highest BCUT2D eigenvalue weighted by atomic mass is 16.5. The van der Waals surface area contributed by atoms with Crippen molar-refractivity contribution in [3.63, 3.8) is 0 Å². The number of amides is 1. The number of pyridine rings is 3. The molecule has 0 aliphatic carbocycles. The van der Waals surface area contributed by atoms with Crippen LogP contribution in [0.1, 0.15) is 16.2 Å². The Hall–Kier alpha value is -3.33. The van der Waals surface area contributed by atoms with Gasteiger partial charge in [0.25, 0.3) is 5.91 Å². The van der Waals surface area contributed by atoms with Crippen LogP contribution in [0.15, 0.2) is 49.1 Å². The van der Waals surface area contributed by atoms with Gasteiger partial charge in [-0.3, -0.25) is 9.78 Å². The maximum absolute atomic E-state index is 13.5. The molecule has 4 aromatic rings. The van der Waals surface area contributed by atoms with E-state index in [1.54, 1.807) is 24.7 Å². The maximum atomic E-state index is 13.5. The fourth-order valence-corrected chi connectivity index (χ4v) is 5.55. The van der Waals surface area contributed by atoms with Crippen molar-refractivity contribution in [3.8, 4) is 11.4 Å². The Morgan fingerprint density at radius 1 is 0.850 bits per heavy atom. The van der Waals surface area contributed by atoms with E-state index in [0.717, 1.165) is 33.8 Å². The van der Waals surface area contributed by atoms with Gasteiger partial charge in [0, 0.05) is 47.4 Å². The van der Waals surface area contributed by atoms with Crippen LogP contribution in [0.25, 0.3) is 22.2 Å². The van der Waals surface area contributed by atoms with Crippen molar-refractivity contribution in [2.45, 2.75) is 28.4 Å². The van der Waals surface area contributed by atoms with Gasteiger partial charge in [-0.15, -0.1) is 0 Å². The van der Waals surface area contributed by atoms with Gasteiger partial charge < -0.3 is 19.5 Å². The number of carbonyl (C=O) groups is 1. The molecule has 1 fully saturated rings. The van der Waals surface area contributed by atoms with E-state index in [0.29, 0.717) is 11.4 Å². The Balaban J connectivity index is 1.46. The third-order valence-electron chi connectivity index (χ3n) is 9.14. The summed E-state index contributed by atoms with van der Waals surface area (Å²) in [6, 6.07) is 7.43. The first kappa shape index (κ1) is 28.2. The van der Waals surface area contributed by atoms with Crippen LogP contribution in [0.5, 0.6) is 0 Å². The molecule has 4 aromatic heterocycles. The monoisotopic (exact) mass is 525 g/mol. The van der Waals surface area contributed by atoms with Crippen LogP contribution < -0.4 is 10.2 Å². The number of carbonyl (C=O) groups excluding carboxylic acids is 1. The Morgan fingerprint density at radius 2 is 1.50 bits per heavy atom. The summed E-state index contributed by atoms with van der Waals surface area (Å²) in [5.74, 6) is 1.84. The van der Waals surface area contributed by atoms with Crippen LogP contribution in [0.3, 0.4) is 0 Å². The zero-order valence-corrected chi connectivity index (χ0v) is 25.1. The number of imidazole rings is 1. The predicted molar refractivity (Wildman–Crippen MR) is 182 cm³/mol. The molecule has 5 rings (SSSR count). The van der Waals surface area contributed by atoms with Crippen LogP contribution in [0.2, 0.25) is 0 Å². The zero-order valence-electron chi connectivity index (χ0n) is 25.1. The number of aryl methyl sites for hydroxylation is 1. The lowest BCUT2D eigenvalue weighted by Gasteiger charge is -2.69. The summed E-state index contributed by atoms with van der Waals surface area (Å²) in [5, 5.41) is 3.02. The van der Waals surface area contributed by atoms with Crippen molar-refractivity contribution in [2.75, 3.05) is 10.2 Å². The third kappa shape index (κ3) is 4.48. The van der Waals surface area contributed by atoms with E-state index in [1.807, 2.05) is 42.9 Å². The Bertz CT molecular complexity index is 1620. The third-order valence-corrected chi connectivity index (χ3v) is 9.14. The van der Waals surface area contributed by atoms with E-state index in [-0.39, 0.29) is 5.91 Å². The summed E-state index contributed by atoms with van der Waals surface area (Å²) in [7, 11) is 19.0. The largest absolute Gasteiger partial charge is 0.402 e. The Kier molecular flexibility index (Phi) is 6.60. The quantitative estimate of drug-likeness (QED) is 0.267. The lowest BCUT2D eigenvalue weighted by Crippen LogP contribution is -2.86. The molecule has 9 nitrogen and oxygen atoms in total. The van der Waals surface area contributed by atoms with Gasteiger partial charge >= 0.3 is 0 Å². The van der Waals surface area contributed by atoms with E-state index < -0.39 is 21.5 Å². The second kappa shape index (κ2) is 9.36. The first-order valence-electron chi connectivity index (χ1n) is 13.6. The highest BCUT2D eigenvalue weighted by Gasteiger charge is 2.58. The fraction of sp³-hybridized carbons (Fsp3) is 0.261. The standard InChI is InChI=1S/C23H31B8N7O2/c1-11-33-10-16(37(11)2)15-5-13-6-17(35-9-14(13)8-34-15)36-19(39)12-3-4-32-18(7-12)38-20(24,25)22(28,29)40-23(30,31)21(38,26)27/h3-10H,24-31H2,1-2H3,(H,35,36,39). The molecule has 0 saturated carbocycles. The molecule has 0 radical (unpaired) electrons. The van der Waals surface area contributed by atoms with Gasteiger partial charge in [-0.1, -0.05) is 0 Å². The molecule has 0 atom stereocenters. The van der Waals surface area contributed by atoms with Crippen molar-refractivity contribution in [1.82, 2.24) is 24.5 Å². The number of hydrogen-bond acceptors (Lipinski definition) is 7. The minimum Gasteiger partial charge on any atom is -0.402 e. The number of anilines is 2. The topological polar surface area (TPSA) is 98.1 Å². The molecule has 1 saturated heterocycles. The van der Waals surface area contributed by atoms with E-state index in [2.05, 4.69) is 87.9 Å². The molecule has 0 bridgehead atoms.